The number of carbonyl (C=O) groups excluding carboxylic acids is 1. The Balaban J connectivity index is 2.21. The van der Waals surface area contributed by atoms with Gasteiger partial charge in [-0.25, -0.2) is 8.78 Å². The second-order valence-electron chi connectivity index (χ2n) is 4.74. The summed E-state index contributed by atoms with van der Waals surface area (Å²) in [6.07, 6.45) is 0. The van der Waals surface area contributed by atoms with E-state index in [0.29, 0.717) is 5.75 Å². The third kappa shape index (κ3) is 3.33. The quantitative estimate of drug-likeness (QED) is 0.912. The minimum atomic E-state index is -0.748. The van der Waals surface area contributed by atoms with E-state index in [1.54, 1.807) is 6.92 Å². The topological polar surface area (TPSA) is 58.6 Å². The summed E-state index contributed by atoms with van der Waals surface area (Å²) in [6.45, 7) is 1.56. The van der Waals surface area contributed by atoms with Crippen LogP contribution in [0.25, 0.3) is 0 Å². The normalized spacial score (nSPS) is 11.8. The summed E-state index contributed by atoms with van der Waals surface area (Å²) in [6, 6.07) is 6.65. The number of aromatic hydroxyl groups is 1. The van der Waals surface area contributed by atoms with Crippen LogP contribution >= 0.6 is 0 Å². The van der Waals surface area contributed by atoms with Gasteiger partial charge in [-0.1, -0.05) is 6.07 Å². The number of methoxy groups -OCH3 is 1. The van der Waals surface area contributed by atoms with Gasteiger partial charge in [-0.2, -0.15) is 0 Å². The molecule has 0 fully saturated rings. The molecule has 0 saturated carbocycles. The van der Waals surface area contributed by atoms with Crippen LogP contribution in [0.1, 0.15) is 28.9 Å². The summed E-state index contributed by atoms with van der Waals surface area (Å²) in [5.41, 5.74) is 0.158. The smallest absolute Gasteiger partial charge is 0.255 e. The number of ether oxygens (including phenoxy) is 1. The summed E-state index contributed by atoms with van der Waals surface area (Å²) in [7, 11) is 1.44. The summed E-state index contributed by atoms with van der Waals surface area (Å²) in [4.78, 5) is 12.2. The molecule has 4 nitrogen and oxygen atoms in total. The predicted molar refractivity (Wildman–Crippen MR) is 76.9 cm³/mol. The van der Waals surface area contributed by atoms with E-state index in [2.05, 4.69) is 5.32 Å². The van der Waals surface area contributed by atoms with Crippen molar-refractivity contribution in [2.45, 2.75) is 13.0 Å². The van der Waals surface area contributed by atoms with Crippen molar-refractivity contribution in [3.63, 3.8) is 0 Å². The first kappa shape index (κ1) is 15.8. The molecule has 1 amide bonds. The summed E-state index contributed by atoms with van der Waals surface area (Å²) in [5, 5.41) is 12.3. The van der Waals surface area contributed by atoms with Gasteiger partial charge in [0.05, 0.1) is 18.7 Å². The molecule has 0 aliphatic heterocycles. The summed E-state index contributed by atoms with van der Waals surface area (Å²) < 4.78 is 31.6. The number of amides is 1. The maximum absolute atomic E-state index is 13.7. The monoisotopic (exact) mass is 307 g/mol. The summed E-state index contributed by atoms with van der Waals surface area (Å²) in [5.74, 6) is -1.84. The number of benzene rings is 2. The number of phenols is 1. The molecular weight excluding hydrogens is 292 g/mol. The first-order chi connectivity index (χ1) is 10.4. The molecule has 2 N–H and O–H groups in total. The fourth-order valence-electron chi connectivity index (χ4n) is 2.03. The molecule has 0 bridgehead atoms. The van der Waals surface area contributed by atoms with Crippen molar-refractivity contribution in [2.75, 3.05) is 7.11 Å². The highest BCUT2D eigenvalue weighted by molar-refractivity contribution is 5.97. The SMILES string of the molecule is COc1ccc(O)c(C(=O)NC(C)c2ccc(F)cc2F)c1. The maximum Gasteiger partial charge on any atom is 0.255 e. The van der Waals surface area contributed by atoms with Gasteiger partial charge in [0.2, 0.25) is 0 Å². The molecule has 0 heterocycles. The molecule has 22 heavy (non-hydrogen) atoms. The van der Waals surface area contributed by atoms with Crippen molar-refractivity contribution >= 4 is 5.91 Å². The number of carbonyl (C=O) groups is 1. The van der Waals surface area contributed by atoms with E-state index >= 15 is 0 Å². The van der Waals surface area contributed by atoms with Gasteiger partial charge < -0.3 is 15.2 Å². The van der Waals surface area contributed by atoms with E-state index in [9.17, 15) is 18.7 Å². The van der Waals surface area contributed by atoms with Crippen molar-refractivity contribution in [3.05, 3.63) is 59.2 Å². The van der Waals surface area contributed by atoms with Gasteiger partial charge in [-0.15, -0.1) is 0 Å². The molecule has 0 saturated heterocycles. The second kappa shape index (κ2) is 6.43. The molecule has 0 spiro atoms. The fourth-order valence-corrected chi connectivity index (χ4v) is 2.03. The molecule has 2 aromatic rings. The average Bonchev–Trinajstić information content (AvgIpc) is 2.47. The van der Waals surface area contributed by atoms with Crippen LogP contribution in [-0.4, -0.2) is 18.1 Å². The van der Waals surface area contributed by atoms with Crippen LogP contribution in [0.4, 0.5) is 8.78 Å². The molecule has 0 aliphatic rings. The minimum Gasteiger partial charge on any atom is -0.507 e. The zero-order chi connectivity index (χ0) is 16.3. The predicted octanol–water partition coefficient (Wildman–Crippen LogP) is 3.17. The van der Waals surface area contributed by atoms with Crippen LogP contribution in [0.5, 0.6) is 11.5 Å². The zero-order valence-electron chi connectivity index (χ0n) is 12.1. The molecule has 1 unspecified atom stereocenters. The van der Waals surface area contributed by atoms with E-state index in [-0.39, 0.29) is 16.9 Å². The third-order valence-corrected chi connectivity index (χ3v) is 3.22. The van der Waals surface area contributed by atoms with Gasteiger partial charge in [0.1, 0.15) is 23.1 Å². The van der Waals surface area contributed by atoms with Gasteiger partial charge in [0, 0.05) is 11.6 Å². The van der Waals surface area contributed by atoms with Crippen LogP contribution in [0, 0.1) is 11.6 Å². The van der Waals surface area contributed by atoms with Crippen LogP contribution in [0.2, 0.25) is 0 Å². The number of nitrogens with one attached hydrogen (secondary N) is 1. The van der Waals surface area contributed by atoms with E-state index in [1.165, 1.54) is 31.4 Å². The zero-order valence-corrected chi connectivity index (χ0v) is 12.1. The van der Waals surface area contributed by atoms with Crippen molar-refractivity contribution in [3.8, 4) is 11.5 Å². The first-order valence-electron chi connectivity index (χ1n) is 6.55. The van der Waals surface area contributed by atoms with Crippen LogP contribution < -0.4 is 10.1 Å². The molecule has 1 atom stereocenters. The number of rotatable bonds is 4. The van der Waals surface area contributed by atoms with Gasteiger partial charge in [-0.3, -0.25) is 4.79 Å². The Morgan fingerprint density at radius 1 is 1.23 bits per heavy atom. The molecular formula is C16H15F2NO3. The molecule has 0 radical (unpaired) electrons. The van der Waals surface area contributed by atoms with Crippen LogP contribution in [0.3, 0.4) is 0 Å². The van der Waals surface area contributed by atoms with Crippen molar-refractivity contribution in [2.24, 2.45) is 0 Å². The Hall–Kier alpha value is -2.63. The standard InChI is InChI=1S/C16H15F2NO3/c1-9(12-5-3-10(17)7-14(12)18)19-16(21)13-8-11(22-2)4-6-15(13)20/h3-9,20H,1-2H3,(H,19,21). The molecule has 2 aromatic carbocycles. The van der Waals surface area contributed by atoms with Crippen LogP contribution in [0.15, 0.2) is 36.4 Å². The summed E-state index contributed by atoms with van der Waals surface area (Å²) >= 11 is 0. The number of halogens is 2. The lowest BCUT2D eigenvalue weighted by atomic mass is 10.1. The Morgan fingerprint density at radius 3 is 2.59 bits per heavy atom. The fraction of sp³-hybridized carbons (Fsp3) is 0.188. The van der Waals surface area contributed by atoms with E-state index in [4.69, 9.17) is 4.74 Å². The molecule has 0 aliphatic carbocycles. The highest BCUT2D eigenvalue weighted by Gasteiger charge is 2.18. The molecule has 0 aromatic heterocycles. The van der Waals surface area contributed by atoms with Gasteiger partial charge in [-0.05, 0) is 31.2 Å². The number of hydrogen-bond acceptors (Lipinski definition) is 3. The van der Waals surface area contributed by atoms with Crippen molar-refractivity contribution in [1.29, 1.82) is 0 Å². The average molecular weight is 307 g/mol. The van der Waals surface area contributed by atoms with Crippen molar-refractivity contribution < 1.29 is 23.4 Å². The Kier molecular flexibility index (Phi) is 4.60. The van der Waals surface area contributed by atoms with Crippen molar-refractivity contribution in [1.82, 2.24) is 5.32 Å². The minimum absolute atomic E-state index is 0.00807. The van der Waals surface area contributed by atoms with Crippen LogP contribution in [-0.2, 0) is 0 Å². The number of hydrogen-bond donors (Lipinski definition) is 2. The Morgan fingerprint density at radius 2 is 1.95 bits per heavy atom. The van der Waals surface area contributed by atoms with E-state index in [0.717, 1.165) is 12.1 Å². The Bertz CT molecular complexity index is 704. The van der Waals surface area contributed by atoms with Gasteiger partial charge >= 0.3 is 0 Å². The lowest BCUT2D eigenvalue weighted by molar-refractivity contribution is 0.0936. The highest BCUT2D eigenvalue weighted by atomic mass is 19.1. The maximum atomic E-state index is 13.7. The van der Waals surface area contributed by atoms with Gasteiger partial charge in [0.15, 0.2) is 0 Å². The van der Waals surface area contributed by atoms with E-state index < -0.39 is 23.6 Å². The first-order valence-corrected chi connectivity index (χ1v) is 6.55. The Labute approximate surface area is 126 Å². The largest absolute Gasteiger partial charge is 0.507 e. The number of phenolic OH excluding ortho intramolecular Hbond substituents is 1. The molecule has 116 valence electrons. The lowest BCUT2D eigenvalue weighted by Crippen LogP contribution is -2.27. The highest BCUT2D eigenvalue weighted by Crippen LogP contribution is 2.24. The molecule has 6 heteroatoms. The third-order valence-electron chi connectivity index (χ3n) is 3.22. The van der Waals surface area contributed by atoms with E-state index in [1.807, 2.05) is 0 Å². The second-order valence-corrected chi connectivity index (χ2v) is 4.74. The van der Waals surface area contributed by atoms with Gasteiger partial charge in [0.25, 0.3) is 5.91 Å². The molecule has 2 rings (SSSR count). The lowest BCUT2D eigenvalue weighted by Gasteiger charge is -2.16.